The second kappa shape index (κ2) is 10.1. The van der Waals surface area contributed by atoms with Crippen molar-refractivity contribution in [2.24, 2.45) is 7.05 Å². The molecule has 1 saturated heterocycles. The van der Waals surface area contributed by atoms with Crippen molar-refractivity contribution in [3.63, 3.8) is 0 Å². The molecule has 0 atom stereocenters. The minimum absolute atomic E-state index is 0.0514. The predicted molar refractivity (Wildman–Crippen MR) is 134 cm³/mol. The van der Waals surface area contributed by atoms with E-state index in [2.05, 4.69) is 10.3 Å². The Labute approximate surface area is 221 Å². The molecule has 1 fully saturated rings. The summed E-state index contributed by atoms with van der Waals surface area (Å²) >= 11 is 0. The summed E-state index contributed by atoms with van der Waals surface area (Å²) in [5.74, 6) is -3.25. The number of aryl methyl sites for hydroxylation is 1. The average Bonchev–Trinajstić information content (AvgIpc) is 3.15. The number of fused-ring (bicyclic) bond motifs is 1. The predicted octanol–water partition coefficient (Wildman–Crippen LogP) is 6.16. The normalized spacial score (nSPS) is 15.9. The van der Waals surface area contributed by atoms with Crippen molar-refractivity contribution in [1.29, 1.82) is 0 Å². The number of likely N-dealkylation sites (tertiary alicyclic amines) is 1. The van der Waals surface area contributed by atoms with E-state index in [1.165, 1.54) is 34.8 Å². The summed E-state index contributed by atoms with van der Waals surface area (Å²) in [6.07, 6.45) is -4.97. The lowest BCUT2D eigenvalue weighted by Gasteiger charge is -2.31. The van der Waals surface area contributed by atoms with Crippen LogP contribution < -0.4 is 5.32 Å². The number of nitrogens with zero attached hydrogens (tertiary/aromatic N) is 3. The Morgan fingerprint density at radius 1 is 1.08 bits per heavy atom. The zero-order chi connectivity index (χ0) is 28.8. The summed E-state index contributed by atoms with van der Waals surface area (Å²) in [7, 11) is 1.48. The van der Waals surface area contributed by atoms with Crippen molar-refractivity contribution in [2.45, 2.75) is 57.9 Å². The van der Waals surface area contributed by atoms with Crippen molar-refractivity contribution >= 4 is 22.9 Å². The number of alkyl carbamates (subject to hydrolysis) is 1. The molecular weight excluding hydrogens is 523 g/mol. The minimum atomic E-state index is -4.68. The summed E-state index contributed by atoms with van der Waals surface area (Å²) < 4.78 is 75.7. The third-order valence-corrected chi connectivity index (χ3v) is 6.43. The van der Waals surface area contributed by atoms with Crippen molar-refractivity contribution in [3.8, 4) is 11.3 Å². The molecule has 210 valence electrons. The molecule has 0 spiro atoms. The van der Waals surface area contributed by atoms with Gasteiger partial charge in [-0.2, -0.15) is 13.2 Å². The van der Waals surface area contributed by atoms with Gasteiger partial charge >= 0.3 is 12.3 Å². The van der Waals surface area contributed by atoms with Crippen molar-refractivity contribution in [2.75, 3.05) is 13.1 Å². The summed E-state index contributed by atoms with van der Waals surface area (Å²) in [6.45, 7) is 4.88. The maximum atomic E-state index is 14.1. The minimum Gasteiger partial charge on any atom is -0.444 e. The van der Waals surface area contributed by atoms with E-state index in [9.17, 15) is 31.5 Å². The monoisotopic (exact) mass is 552 g/mol. The van der Waals surface area contributed by atoms with Crippen LogP contribution in [-0.4, -0.2) is 51.1 Å². The van der Waals surface area contributed by atoms with Gasteiger partial charge in [-0.05, 0) is 51.1 Å². The third kappa shape index (κ3) is 6.48. The highest BCUT2D eigenvalue weighted by molar-refractivity contribution is 5.94. The number of rotatable bonds is 4. The summed E-state index contributed by atoms with van der Waals surface area (Å²) in [5, 5.41) is 2.85. The average molecular weight is 553 g/mol. The highest BCUT2D eigenvalue weighted by Crippen LogP contribution is 2.39. The van der Waals surface area contributed by atoms with E-state index in [4.69, 9.17) is 4.74 Å². The van der Waals surface area contributed by atoms with Gasteiger partial charge in [0.25, 0.3) is 11.8 Å². The molecule has 3 aromatic rings. The van der Waals surface area contributed by atoms with E-state index in [0.717, 1.165) is 6.07 Å². The van der Waals surface area contributed by atoms with Crippen LogP contribution in [0.1, 0.15) is 55.2 Å². The van der Waals surface area contributed by atoms with Crippen molar-refractivity contribution in [1.82, 2.24) is 19.8 Å². The fourth-order valence-electron chi connectivity index (χ4n) is 4.48. The van der Waals surface area contributed by atoms with Gasteiger partial charge in [0.1, 0.15) is 5.60 Å². The number of amides is 2. The highest BCUT2D eigenvalue weighted by Gasteiger charge is 2.36. The van der Waals surface area contributed by atoms with Crippen molar-refractivity contribution in [3.05, 3.63) is 53.3 Å². The molecule has 1 aliphatic heterocycles. The van der Waals surface area contributed by atoms with Gasteiger partial charge in [-0.3, -0.25) is 9.78 Å². The Kier molecular flexibility index (Phi) is 7.35. The zero-order valence-electron chi connectivity index (χ0n) is 22.0. The molecule has 1 aromatic carbocycles. The van der Waals surface area contributed by atoms with E-state index in [0.29, 0.717) is 11.1 Å². The molecule has 39 heavy (non-hydrogen) atoms. The number of alkyl halides is 5. The first kappa shape index (κ1) is 28.3. The van der Waals surface area contributed by atoms with Crippen LogP contribution in [0.15, 0.2) is 36.5 Å². The number of ether oxygens (including phenoxy) is 1. The first-order valence-corrected chi connectivity index (χ1v) is 12.3. The molecule has 2 aromatic heterocycles. The van der Waals surface area contributed by atoms with Gasteiger partial charge in [0.15, 0.2) is 0 Å². The Morgan fingerprint density at radius 2 is 1.74 bits per heavy atom. The lowest BCUT2D eigenvalue weighted by atomic mass is 10.0. The van der Waals surface area contributed by atoms with Crippen LogP contribution in [-0.2, 0) is 24.5 Å². The molecule has 0 unspecified atom stereocenters. The lowest BCUT2D eigenvalue weighted by Crippen LogP contribution is -2.42. The largest absolute Gasteiger partial charge is 0.444 e. The molecule has 0 bridgehead atoms. The SMILES string of the molecule is Cn1c(CNC(=O)OC(C)(C)C)cc2cc(-c3ccc(C(=O)N4CCC(F)(F)CC4)cn3)cc(C(F)(F)F)c21. The molecule has 0 radical (unpaired) electrons. The van der Waals surface area contributed by atoms with Gasteiger partial charge in [0.05, 0.1) is 28.9 Å². The van der Waals surface area contributed by atoms with Crippen LogP contribution in [0.4, 0.5) is 26.7 Å². The topological polar surface area (TPSA) is 76.5 Å². The standard InChI is InChI=1S/C27H29F5N4O3/c1-25(2,3)39-24(38)34-15-19-12-18-11-17(13-20(27(30,31)32)22(18)35(19)4)21-6-5-16(14-33-21)23(37)36-9-7-26(28,29)8-10-36/h5-6,11-14H,7-10,15H2,1-4H3,(H,34,38). The van der Waals surface area contributed by atoms with Gasteiger partial charge in [-0.25, -0.2) is 13.6 Å². The van der Waals surface area contributed by atoms with E-state index in [1.54, 1.807) is 32.9 Å². The van der Waals surface area contributed by atoms with Crippen LogP contribution in [0.2, 0.25) is 0 Å². The molecule has 0 aliphatic carbocycles. The first-order chi connectivity index (χ1) is 18.0. The third-order valence-electron chi connectivity index (χ3n) is 6.43. The van der Waals surface area contributed by atoms with E-state index in [-0.39, 0.29) is 42.0 Å². The molecular formula is C27H29F5N4O3. The second-order valence-electron chi connectivity index (χ2n) is 10.6. The van der Waals surface area contributed by atoms with E-state index in [1.807, 2.05) is 0 Å². The van der Waals surface area contributed by atoms with Gasteiger partial charge in [-0.1, -0.05) is 0 Å². The molecule has 12 heteroatoms. The first-order valence-electron chi connectivity index (χ1n) is 12.3. The van der Waals surface area contributed by atoms with Crippen LogP contribution in [0.25, 0.3) is 22.2 Å². The zero-order valence-corrected chi connectivity index (χ0v) is 22.0. The number of nitrogens with one attached hydrogen (secondary N) is 1. The summed E-state index contributed by atoms with van der Waals surface area (Å²) in [6, 6.07) is 6.95. The van der Waals surface area contributed by atoms with E-state index < -0.39 is 48.1 Å². The Morgan fingerprint density at radius 3 is 2.31 bits per heavy atom. The summed E-state index contributed by atoms with van der Waals surface area (Å²) in [4.78, 5) is 30.3. The Hall–Kier alpha value is -3.70. The van der Waals surface area contributed by atoms with Gasteiger partial charge < -0.3 is 19.5 Å². The number of aromatic nitrogens is 2. The molecule has 2 amide bonds. The fourth-order valence-corrected chi connectivity index (χ4v) is 4.48. The number of benzene rings is 1. The number of carbonyl (C=O) groups is 2. The second-order valence-corrected chi connectivity index (χ2v) is 10.6. The highest BCUT2D eigenvalue weighted by atomic mass is 19.4. The van der Waals surface area contributed by atoms with Gasteiger partial charge in [0.2, 0.25) is 0 Å². The van der Waals surface area contributed by atoms with Crippen LogP contribution in [0, 0.1) is 0 Å². The molecule has 3 heterocycles. The number of hydrogen-bond donors (Lipinski definition) is 1. The van der Waals surface area contributed by atoms with Crippen molar-refractivity contribution < 1.29 is 36.3 Å². The lowest BCUT2D eigenvalue weighted by molar-refractivity contribution is -0.136. The molecule has 4 rings (SSSR count). The number of pyridine rings is 1. The smallest absolute Gasteiger partial charge is 0.418 e. The molecule has 1 N–H and O–H groups in total. The quantitative estimate of drug-likeness (QED) is 0.394. The molecule has 0 saturated carbocycles. The summed E-state index contributed by atoms with van der Waals surface area (Å²) in [5.41, 5.74) is -0.671. The Bertz CT molecular complexity index is 1380. The van der Waals surface area contributed by atoms with Crippen LogP contribution in [0.3, 0.4) is 0 Å². The van der Waals surface area contributed by atoms with Crippen LogP contribution in [0.5, 0.6) is 0 Å². The van der Waals surface area contributed by atoms with Crippen LogP contribution >= 0.6 is 0 Å². The fraction of sp³-hybridized carbons (Fsp3) is 0.444. The Balaban J connectivity index is 1.61. The maximum absolute atomic E-state index is 14.1. The number of halogens is 5. The molecule has 7 nitrogen and oxygen atoms in total. The number of hydrogen-bond acceptors (Lipinski definition) is 4. The van der Waals surface area contributed by atoms with E-state index >= 15 is 0 Å². The van der Waals surface area contributed by atoms with Gasteiger partial charge in [0, 0.05) is 55.8 Å². The van der Waals surface area contributed by atoms with Gasteiger partial charge in [-0.15, -0.1) is 0 Å². The maximum Gasteiger partial charge on any atom is 0.418 e. The molecule has 1 aliphatic rings. The number of carbonyl (C=O) groups excluding carboxylic acids is 2. The number of piperidine rings is 1.